The van der Waals surface area contributed by atoms with Crippen molar-refractivity contribution < 1.29 is 14.3 Å². The minimum Gasteiger partial charge on any atom is -0.469 e. The van der Waals surface area contributed by atoms with Crippen LogP contribution in [-0.2, 0) is 14.3 Å². The number of hydrogen-bond acceptors (Lipinski definition) is 5. The first kappa shape index (κ1) is 21.1. The van der Waals surface area contributed by atoms with Gasteiger partial charge in [0.1, 0.15) is 0 Å². The molecule has 1 saturated heterocycles. The zero-order chi connectivity index (χ0) is 15.8. The van der Waals surface area contributed by atoms with Crippen molar-refractivity contribution in [2.75, 3.05) is 33.3 Å². The second-order valence-electron chi connectivity index (χ2n) is 6.05. The van der Waals surface area contributed by atoms with Crippen LogP contribution in [-0.4, -0.2) is 56.1 Å². The Labute approximate surface area is 139 Å². The van der Waals surface area contributed by atoms with E-state index in [0.29, 0.717) is 6.54 Å². The summed E-state index contributed by atoms with van der Waals surface area (Å²) in [6.07, 6.45) is 2.62. The molecule has 0 aromatic rings. The molecule has 130 valence electrons. The number of nitrogens with zero attached hydrogens (tertiary/aromatic N) is 1. The molecule has 1 aliphatic rings. The Bertz CT molecular complexity index is 345. The molecule has 0 aliphatic carbocycles. The van der Waals surface area contributed by atoms with Gasteiger partial charge in [0.2, 0.25) is 5.91 Å². The van der Waals surface area contributed by atoms with Crippen LogP contribution in [0.2, 0.25) is 0 Å². The number of carbonyl (C=O) groups is 2. The Hall–Kier alpha value is -0.850. The molecular weight excluding hydrogens is 306 g/mol. The van der Waals surface area contributed by atoms with Gasteiger partial charge in [0.25, 0.3) is 0 Å². The van der Waals surface area contributed by atoms with Gasteiger partial charge in [-0.2, -0.15) is 0 Å². The number of hydrogen-bond donors (Lipinski definition) is 2. The molecule has 1 amide bonds. The summed E-state index contributed by atoms with van der Waals surface area (Å²) in [6.45, 7) is 7.30. The van der Waals surface area contributed by atoms with Gasteiger partial charge in [-0.3, -0.25) is 9.59 Å². The third kappa shape index (κ3) is 6.94. The van der Waals surface area contributed by atoms with E-state index in [2.05, 4.69) is 10.2 Å². The molecular formula is C15H30ClN3O3. The monoisotopic (exact) mass is 335 g/mol. The Morgan fingerprint density at radius 3 is 2.41 bits per heavy atom. The SMILES string of the molecule is COC(=O)C1CCN(CCCNC(=O)[C@@H](N)C(C)C)CC1.Cl. The van der Waals surface area contributed by atoms with Gasteiger partial charge in [-0.1, -0.05) is 13.8 Å². The fraction of sp³-hybridized carbons (Fsp3) is 0.867. The topological polar surface area (TPSA) is 84.7 Å². The summed E-state index contributed by atoms with van der Waals surface area (Å²) in [5, 5.41) is 2.87. The molecule has 7 heteroatoms. The van der Waals surface area contributed by atoms with Crippen molar-refractivity contribution in [3.05, 3.63) is 0 Å². The maximum absolute atomic E-state index is 11.7. The van der Waals surface area contributed by atoms with Gasteiger partial charge in [0.05, 0.1) is 19.1 Å². The van der Waals surface area contributed by atoms with Gasteiger partial charge < -0.3 is 20.7 Å². The number of esters is 1. The predicted molar refractivity (Wildman–Crippen MR) is 88.9 cm³/mol. The van der Waals surface area contributed by atoms with Crippen molar-refractivity contribution >= 4 is 24.3 Å². The third-order valence-corrected chi connectivity index (χ3v) is 4.09. The lowest BCUT2D eigenvalue weighted by atomic mass is 9.97. The minimum absolute atomic E-state index is 0. The number of carbonyl (C=O) groups excluding carboxylic acids is 2. The number of likely N-dealkylation sites (tertiary alicyclic amines) is 1. The third-order valence-electron chi connectivity index (χ3n) is 4.09. The molecule has 0 aromatic carbocycles. The predicted octanol–water partition coefficient (Wildman–Crippen LogP) is 0.783. The van der Waals surface area contributed by atoms with Crippen molar-refractivity contribution in [2.45, 2.75) is 39.2 Å². The average Bonchev–Trinajstić information content (AvgIpc) is 2.50. The number of rotatable bonds is 7. The summed E-state index contributed by atoms with van der Waals surface area (Å²) in [4.78, 5) is 25.4. The maximum atomic E-state index is 11.7. The van der Waals surface area contributed by atoms with E-state index in [1.807, 2.05) is 13.8 Å². The summed E-state index contributed by atoms with van der Waals surface area (Å²) in [5.41, 5.74) is 5.78. The van der Waals surface area contributed by atoms with E-state index in [0.717, 1.165) is 38.9 Å². The van der Waals surface area contributed by atoms with E-state index in [1.165, 1.54) is 7.11 Å². The molecule has 1 atom stereocenters. The Balaban J connectivity index is 0.00000441. The smallest absolute Gasteiger partial charge is 0.308 e. The Kier molecular flexibility index (Phi) is 10.4. The fourth-order valence-corrected chi connectivity index (χ4v) is 2.49. The van der Waals surface area contributed by atoms with Crippen molar-refractivity contribution in [2.24, 2.45) is 17.6 Å². The average molecular weight is 336 g/mol. The number of methoxy groups -OCH3 is 1. The molecule has 0 unspecified atom stereocenters. The lowest BCUT2D eigenvalue weighted by Crippen LogP contribution is -2.45. The highest BCUT2D eigenvalue weighted by atomic mass is 35.5. The first-order chi connectivity index (χ1) is 9.95. The van der Waals surface area contributed by atoms with Gasteiger partial charge >= 0.3 is 5.97 Å². The van der Waals surface area contributed by atoms with Crippen molar-refractivity contribution in [1.29, 1.82) is 0 Å². The van der Waals surface area contributed by atoms with Crippen molar-refractivity contribution in [3.8, 4) is 0 Å². The molecule has 0 bridgehead atoms. The van der Waals surface area contributed by atoms with Crippen LogP contribution >= 0.6 is 12.4 Å². The van der Waals surface area contributed by atoms with Crippen LogP contribution in [0.25, 0.3) is 0 Å². The van der Waals surface area contributed by atoms with E-state index in [-0.39, 0.29) is 36.1 Å². The standard InChI is InChI=1S/C15H29N3O3.ClH/c1-11(2)13(16)14(19)17-7-4-8-18-9-5-12(6-10-18)15(20)21-3;/h11-13H,4-10,16H2,1-3H3,(H,17,19);1H/t13-;/m0./s1. The molecule has 6 nitrogen and oxygen atoms in total. The lowest BCUT2D eigenvalue weighted by molar-refractivity contribution is -0.147. The van der Waals surface area contributed by atoms with Crippen LogP contribution in [0.5, 0.6) is 0 Å². The van der Waals surface area contributed by atoms with E-state index in [4.69, 9.17) is 10.5 Å². The second-order valence-corrected chi connectivity index (χ2v) is 6.05. The van der Waals surface area contributed by atoms with Crippen molar-refractivity contribution in [1.82, 2.24) is 10.2 Å². The highest BCUT2D eigenvalue weighted by Crippen LogP contribution is 2.18. The molecule has 1 aliphatic heterocycles. The molecule has 22 heavy (non-hydrogen) atoms. The van der Waals surface area contributed by atoms with Gasteiger partial charge in [-0.05, 0) is 44.8 Å². The largest absolute Gasteiger partial charge is 0.469 e. The molecule has 3 N–H and O–H groups in total. The number of halogens is 1. The minimum atomic E-state index is -0.430. The van der Waals surface area contributed by atoms with Crippen LogP contribution in [0.15, 0.2) is 0 Å². The molecule has 0 radical (unpaired) electrons. The normalized spacial score (nSPS) is 17.7. The number of amides is 1. The Morgan fingerprint density at radius 2 is 1.91 bits per heavy atom. The number of nitrogens with two attached hydrogens (primary N) is 1. The molecule has 0 spiro atoms. The lowest BCUT2D eigenvalue weighted by Gasteiger charge is -2.30. The van der Waals surface area contributed by atoms with Crippen LogP contribution in [0.1, 0.15) is 33.1 Å². The van der Waals surface area contributed by atoms with Crippen molar-refractivity contribution in [3.63, 3.8) is 0 Å². The summed E-state index contributed by atoms with van der Waals surface area (Å²) < 4.78 is 4.77. The van der Waals surface area contributed by atoms with Gasteiger partial charge in [0.15, 0.2) is 0 Å². The number of ether oxygens (including phenoxy) is 1. The summed E-state index contributed by atoms with van der Waals surface area (Å²) in [6, 6.07) is -0.430. The van der Waals surface area contributed by atoms with Gasteiger partial charge in [-0.25, -0.2) is 0 Å². The van der Waals surface area contributed by atoms with E-state index < -0.39 is 6.04 Å². The molecule has 0 aromatic heterocycles. The number of nitrogens with one attached hydrogen (secondary N) is 1. The van der Waals surface area contributed by atoms with E-state index >= 15 is 0 Å². The highest BCUT2D eigenvalue weighted by molar-refractivity contribution is 5.85. The van der Waals surface area contributed by atoms with Crippen LogP contribution < -0.4 is 11.1 Å². The fourth-order valence-electron chi connectivity index (χ4n) is 2.49. The first-order valence-electron chi connectivity index (χ1n) is 7.79. The van der Waals surface area contributed by atoms with Crippen LogP contribution in [0, 0.1) is 11.8 Å². The molecule has 1 rings (SSSR count). The molecule has 1 fully saturated rings. The van der Waals surface area contributed by atoms with Crippen LogP contribution in [0.3, 0.4) is 0 Å². The van der Waals surface area contributed by atoms with Gasteiger partial charge in [-0.15, -0.1) is 12.4 Å². The molecule has 0 saturated carbocycles. The van der Waals surface area contributed by atoms with E-state index in [9.17, 15) is 9.59 Å². The summed E-state index contributed by atoms with van der Waals surface area (Å²) in [5.74, 6) is 0.0383. The Morgan fingerprint density at radius 1 is 1.32 bits per heavy atom. The first-order valence-corrected chi connectivity index (χ1v) is 7.79. The summed E-state index contributed by atoms with van der Waals surface area (Å²) >= 11 is 0. The highest BCUT2D eigenvalue weighted by Gasteiger charge is 2.25. The maximum Gasteiger partial charge on any atom is 0.308 e. The summed E-state index contributed by atoms with van der Waals surface area (Å²) in [7, 11) is 1.44. The van der Waals surface area contributed by atoms with Crippen LogP contribution in [0.4, 0.5) is 0 Å². The second kappa shape index (κ2) is 10.8. The number of piperidine rings is 1. The van der Waals surface area contributed by atoms with Gasteiger partial charge in [0, 0.05) is 6.54 Å². The molecule has 1 heterocycles. The quantitative estimate of drug-likeness (QED) is 0.530. The van der Waals surface area contributed by atoms with E-state index in [1.54, 1.807) is 0 Å². The zero-order valence-electron chi connectivity index (χ0n) is 13.8. The zero-order valence-corrected chi connectivity index (χ0v) is 14.7.